The molecule has 0 saturated heterocycles. The molecule has 2 aromatic rings. The van der Waals surface area contributed by atoms with Crippen LogP contribution in [0.2, 0.25) is 0 Å². The van der Waals surface area contributed by atoms with Crippen molar-refractivity contribution < 1.29 is 4.74 Å². The first kappa shape index (κ1) is 15.7. The Bertz CT molecular complexity index is 553. The van der Waals surface area contributed by atoms with E-state index >= 15 is 0 Å². The second-order valence-electron chi connectivity index (χ2n) is 4.88. The molecule has 2 N–H and O–H groups in total. The lowest BCUT2D eigenvalue weighted by Gasteiger charge is -2.06. The van der Waals surface area contributed by atoms with Gasteiger partial charge in [0.25, 0.3) is 0 Å². The minimum atomic E-state index is 0.616. The van der Waals surface area contributed by atoms with Crippen LogP contribution in [0.5, 0.6) is 5.75 Å². The SMILES string of the molecule is CCCCc1nnc(SCCOc2ccc(C)cc2)n1N. The summed E-state index contributed by atoms with van der Waals surface area (Å²) < 4.78 is 7.26. The zero-order valence-corrected chi connectivity index (χ0v) is 13.4. The molecule has 0 unspecified atom stereocenters. The summed E-state index contributed by atoms with van der Waals surface area (Å²) in [5.74, 6) is 8.51. The number of nitrogens with two attached hydrogens (primary N) is 1. The molecular weight excluding hydrogens is 284 g/mol. The highest BCUT2D eigenvalue weighted by atomic mass is 32.2. The quantitative estimate of drug-likeness (QED) is 0.461. The van der Waals surface area contributed by atoms with Crippen LogP contribution in [0.1, 0.15) is 31.2 Å². The van der Waals surface area contributed by atoms with Crippen LogP contribution in [0.25, 0.3) is 0 Å². The van der Waals surface area contributed by atoms with E-state index in [1.807, 2.05) is 24.3 Å². The topological polar surface area (TPSA) is 66.0 Å². The average molecular weight is 306 g/mol. The van der Waals surface area contributed by atoms with Crippen molar-refractivity contribution in [1.29, 1.82) is 0 Å². The number of hydrogen-bond donors (Lipinski definition) is 1. The van der Waals surface area contributed by atoms with Gasteiger partial charge >= 0.3 is 0 Å². The highest BCUT2D eigenvalue weighted by molar-refractivity contribution is 7.99. The molecular formula is C15H22N4OS. The summed E-state index contributed by atoms with van der Waals surface area (Å²) in [6.45, 7) is 4.82. The van der Waals surface area contributed by atoms with Crippen LogP contribution in [0.15, 0.2) is 29.4 Å². The largest absolute Gasteiger partial charge is 0.493 e. The van der Waals surface area contributed by atoms with Gasteiger partial charge < -0.3 is 10.6 Å². The third-order valence-corrected chi connectivity index (χ3v) is 4.00. The van der Waals surface area contributed by atoms with E-state index in [1.165, 1.54) is 5.56 Å². The fourth-order valence-corrected chi connectivity index (χ4v) is 2.53. The third-order valence-electron chi connectivity index (χ3n) is 3.09. The molecule has 0 aliphatic heterocycles. The van der Waals surface area contributed by atoms with E-state index in [0.717, 1.165) is 41.7 Å². The van der Waals surface area contributed by atoms with Gasteiger partial charge in [0.05, 0.1) is 6.61 Å². The lowest BCUT2D eigenvalue weighted by Crippen LogP contribution is -2.14. The van der Waals surface area contributed by atoms with Crippen molar-refractivity contribution in [1.82, 2.24) is 14.9 Å². The Balaban J connectivity index is 1.75. The van der Waals surface area contributed by atoms with Crippen molar-refractivity contribution in [3.8, 4) is 5.75 Å². The second-order valence-corrected chi connectivity index (χ2v) is 5.94. The number of aryl methyl sites for hydroxylation is 2. The molecule has 6 heteroatoms. The number of rotatable bonds is 8. The van der Waals surface area contributed by atoms with Crippen molar-refractivity contribution in [3.05, 3.63) is 35.7 Å². The molecule has 0 aliphatic rings. The number of thioether (sulfide) groups is 1. The molecule has 5 nitrogen and oxygen atoms in total. The summed E-state index contributed by atoms with van der Waals surface area (Å²) in [7, 11) is 0. The van der Waals surface area contributed by atoms with E-state index in [-0.39, 0.29) is 0 Å². The van der Waals surface area contributed by atoms with Gasteiger partial charge in [-0.25, -0.2) is 4.68 Å². The third kappa shape index (κ3) is 4.67. The number of aromatic nitrogens is 3. The molecule has 0 atom stereocenters. The smallest absolute Gasteiger partial charge is 0.209 e. The van der Waals surface area contributed by atoms with Crippen LogP contribution < -0.4 is 10.6 Å². The first-order valence-electron chi connectivity index (χ1n) is 7.22. The van der Waals surface area contributed by atoms with Crippen LogP contribution in [-0.2, 0) is 6.42 Å². The van der Waals surface area contributed by atoms with Crippen LogP contribution in [0.3, 0.4) is 0 Å². The van der Waals surface area contributed by atoms with Crippen LogP contribution in [0, 0.1) is 6.92 Å². The Morgan fingerprint density at radius 3 is 2.71 bits per heavy atom. The van der Waals surface area contributed by atoms with Gasteiger partial charge in [0.15, 0.2) is 5.82 Å². The maximum Gasteiger partial charge on any atom is 0.209 e. The molecule has 1 aromatic heterocycles. The first-order chi connectivity index (χ1) is 10.2. The van der Waals surface area contributed by atoms with Gasteiger partial charge in [0, 0.05) is 12.2 Å². The molecule has 21 heavy (non-hydrogen) atoms. The highest BCUT2D eigenvalue weighted by Crippen LogP contribution is 2.16. The van der Waals surface area contributed by atoms with Crippen molar-refractivity contribution >= 4 is 11.8 Å². The van der Waals surface area contributed by atoms with E-state index in [2.05, 4.69) is 24.0 Å². The molecule has 0 fully saturated rings. The van der Waals surface area contributed by atoms with Crippen molar-refractivity contribution in [2.24, 2.45) is 0 Å². The molecule has 114 valence electrons. The number of ether oxygens (including phenoxy) is 1. The molecule has 0 radical (unpaired) electrons. The van der Waals surface area contributed by atoms with Crippen LogP contribution >= 0.6 is 11.8 Å². The molecule has 2 rings (SSSR count). The zero-order valence-electron chi connectivity index (χ0n) is 12.6. The minimum absolute atomic E-state index is 0.616. The molecule has 0 aliphatic carbocycles. The van der Waals surface area contributed by atoms with Crippen LogP contribution in [0.4, 0.5) is 0 Å². The van der Waals surface area contributed by atoms with E-state index in [9.17, 15) is 0 Å². The van der Waals surface area contributed by atoms with Gasteiger partial charge in [-0.1, -0.05) is 42.8 Å². The van der Waals surface area contributed by atoms with Crippen molar-refractivity contribution in [2.45, 2.75) is 38.3 Å². The fraction of sp³-hybridized carbons (Fsp3) is 0.467. The standard InChI is InChI=1S/C15H22N4OS/c1-3-4-5-14-17-18-15(19(14)16)21-11-10-20-13-8-6-12(2)7-9-13/h6-9H,3-5,10-11,16H2,1-2H3. The Kier molecular flexibility index (Phi) is 5.92. The van der Waals surface area contributed by atoms with Crippen molar-refractivity contribution in [2.75, 3.05) is 18.2 Å². The normalized spacial score (nSPS) is 10.8. The summed E-state index contributed by atoms with van der Waals surface area (Å²) in [6, 6.07) is 8.04. The first-order valence-corrected chi connectivity index (χ1v) is 8.21. The highest BCUT2D eigenvalue weighted by Gasteiger charge is 2.09. The molecule has 0 bridgehead atoms. The summed E-state index contributed by atoms with van der Waals surface area (Å²) in [5, 5.41) is 8.99. The van der Waals surface area contributed by atoms with Crippen molar-refractivity contribution in [3.63, 3.8) is 0 Å². The monoisotopic (exact) mass is 306 g/mol. The second kappa shape index (κ2) is 7.93. The molecule has 0 spiro atoms. The predicted molar refractivity (Wildman–Crippen MR) is 86.2 cm³/mol. The Hall–Kier alpha value is -1.69. The number of nitrogen functional groups attached to an aromatic ring is 1. The molecule has 0 saturated carbocycles. The Labute approximate surface area is 129 Å². The summed E-state index contributed by atoms with van der Waals surface area (Å²) in [4.78, 5) is 0. The van der Waals surface area contributed by atoms with Gasteiger partial charge in [0.2, 0.25) is 5.16 Å². The lowest BCUT2D eigenvalue weighted by atomic mass is 10.2. The Morgan fingerprint density at radius 2 is 2.00 bits per heavy atom. The molecule has 1 heterocycles. The van der Waals surface area contributed by atoms with E-state index in [0.29, 0.717) is 6.61 Å². The Morgan fingerprint density at radius 1 is 1.24 bits per heavy atom. The fourth-order valence-electron chi connectivity index (χ4n) is 1.84. The average Bonchev–Trinajstić information content (AvgIpc) is 2.84. The van der Waals surface area contributed by atoms with Gasteiger partial charge in [-0.3, -0.25) is 0 Å². The molecule has 1 aromatic carbocycles. The minimum Gasteiger partial charge on any atom is -0.493 e. The number of nitrogens with zero attached hydrogens (tertiary/aromatic N) is 3. The van der Waals surface area contributed by atoms with E-state index < -0.39 is 0 Å². The number of unbranched alkanes of at least 4 members (excludes halogenated alkanes) is 1. The van der Waals surface area contributed by atoms with Gasteiger partial charge in [-0.15, -0.1) is 10.2 Å². The maximum atomic E-state index is 5.98. The van der Waals surface area contributed by atoms with E-state index in [4.69, 9.17) is 10.6 Å². The summed E-state index contributed by atoms with van der Waals surface area (Å²) in [5.41, 5.74) is 1.23. The predicted octanol–water partition coefficient (Wildman–Crippen LogP) is 2.81. The number of hydrogen-bond acceptors (Lipinski definition) is 5. The molecule has 0 amide bonds. The number of benzene rings is 1. The zero-order chi connectivity index (χ0) is 15.1. The summed E-state index contributed by atoms with van der Waals surface area (Å²) in [6.07, 6.45) is 3.08. The van der Waals surface area contributed by atoms with Gasteiger partial charge in [-0.2, -0.15) is 0 Å². The maximum absolute atomic E-state index is 5.98. The van der Waals surface area contributed by atoms with Gasteiger partial charge in [-0.05, 0) is 25.5 Å². The van der Waals surface area contributed by atoms with Crippen LogP contribution in [-0.4, -0.2) is 27.2 Å². The lowest BCUT2D eigenvalue weighted by molar-refractivity contribution is 0.344. The van der Waals surface area contributed by atoms with E-state index in [1.54, 1.807) is 16.4 Å². The summed E-state index contributed by atoms with van der Waals surface area (Å²) >= 11 is 1.56. The van der Waals surface area contributed by atoms with Gasteiger partial charge in [0.1, 0.15) is 5.75 Å².